The van der Waals surface area contributed by atoms with Gasteiger partial charge in [-0.05, 0) is 49.7 Å². The van der Waals surface area contributed by atoms with Gasteiger partial charge in [-0.1, -0.05) is 53.5 Å². The number of halogens is 2. The van der Waals surface area contributed by atoms with Crippen LogP contribution in [0.3, 0.4) is 0 Å². The Bertz CT molecular complexity index is 1150. The van der Waals surface area contributed by atoms with Crippen molar-refractivity contribution in [1.82, 2.24) is 5.32 Å². The van der Waals surface area contributed by atoms with Crippen molar-refractivity contribution in [2.45, 2.75) is 19.9 Å². The summed E-state index contributed by atoms with van der Waals surface area (Å²) in [5, 5.41) is 22.3. The van der Waals surface area contributed by atoms with Crippen LogP contribution in [0.2, 0.25) is 10.0 Å². The molecule has 2 amide bonds. The van der Waals surface area contributed by atoms with E-state index >= 15 is 0 Å². The van der Waals surface area contributed by atoms with E-state index in [1.54, 1.807) is 26.0 Å². The zero-order valence-corrected chi connectivity index (χ0v) is 19.4. The number of rotatable bonds is 7. The molecule has 172 valence electrons. The molecule has 0 fully saturated rings. The Kier molecular flexibility index (Phi) is 7.68. The van der Waals surface area contributed by atoms with Gasteiger partial charge in [-0.3, -0.25) is 9.69 Å². The second kappa shape index (κ2) is 10.5. The molecular weight excluding hydrogens is 467 g/mol. The molecule has 0 unspecified atom stereocenters. The average molecular weight is 489 g/mol. The van der Waals surface area contributed by atoms with E-state index in [0.29, 0.717) is 11.3 Å². The summed E-state index contributed by atoms with van der Waals surface area (Å²) in [5.41, 5.74) is 1.57. The second-order valence-electron chi connectivity index (χ2n) is 7.47. The van der Waals surface area contributed by atoms with Crippen molar-refractivity contribution in [3.63, 3.8) is 0 Å². The number of ether oxygens (including phenoxy) is 1. The average Bonchev–Trinajstić information content (AvgIpc) is 2.75. The molecule has 7 nitrogen and oxygen atoms in total. The Morgan fingerprint density at radius 2 is 1.67 bits per heavy atom. The third-order valence-corrected chi connectivity index (χ3v) is 5.08. The fourth-order valence-electron chi connectivity index (χ4n) is 3.09. The normalized spacial score (nSPS) is 10.7. The van der Waals surface area contributed by atoms with Gasteiger partial charge in [0.1, 0.15) is 18.0 Å². The first-order valence-corrected chi connectivity index (χ1v) is 10.8. The van der Waals surface area contributed by atoms with Gasteiger partial charge in [0.05, 0.1) is 10.0 Å². The summed E-state index contributed by atoms with van der Waals surface area (Å²) in [7, 11) is 0. The van der Waals surface area contributed by atoms with Crippen LogP contribution in [0.15, 0.2) is 60.7 Å². The smallest absolute Gasteiger partial charge is 0.323 e. The summed E-state index contributed by atoms with van der Waals surface area (Å²) in [4.78, 5) is 24.8. The van der Waals surface area contributed by atoms with Crippen LogP contribution in [0.5, 0.6) is 17.2 Å². The van der Waals surface area contributed by atoms with Crippen molar-refractivity contribution < 1.29 is 24.5 Å². The first-order chi connectivity index (χ1) is 15.7. The van der Waals surface area contributed by atoms with Crippen molar-refractivity contribution in [1.29, 1.82) is 0 Å². The van der Waals surface area contributed by atoms with Gasteiger partial charge < -0.3 is 20.3 Å². The molecule has 0 saturated carbocycles. The molecule has 9 heteroatoms. The number of hydrogen-bond donors (Lipinski definition) is 3. The summed E-state index contributed by atoms with van der Waals surface area (Å²) < 4.78 is 5.89. The number of carboxylic acid groups (broad SMARTS) is 1. The minimum atomic E-state index is -1.20. The quantitative estimate of drug-likeness (QED) is 0.369. The Labute approximate surface area is 201 Å². The first-order valence-electron chi connectivity index (χ1n) is 10.0. The molecule has 0 aliphatic carbocycles. The highest BCUT2D eigenvalue weighted by Gasteiger charge is 2.22. The van der Waals surface area contributed by atoms with E-state index in [4.69, 9.17) is 27.9 Å². The zero-order valence-electron chi connectivity index (χ0n) is 17.9. The van der Waals surface area contributed by atoms with Crippen LogP contribution in [0.4, 0.5) is 10.5 Å². The molecule has 0 aliphatic rings. The highest BCUT2D eigenvalue weighted by atomic mass is 35.5. The Morgan fingerprint density at radius 1 is 1.03 bits per heavy atom. The number of benzene rings is 3. The summed E-state index contributed by atoms with van der Waals surface area (Å²) >= 11 is 12.8. The number of nitrogens with one attached hydrogen (secondary N) is 1. The lowest BCUT2D eigenvalue weighted by atomic mass is 10.0. The zero-order chi connectivity index (χ0) is 24.1. The number of aliphatic carboxylic acids is 1. The number of aromatic hydroxyl groups is 1. The number of phenolic OH excluding ortho intramolecular Hbond substituents is 1. The molecule has 0 saturated heterocycles. The van der Waals surface area contributed by atoms with Crippen LogP contribution in [0.1, 0.15) is 13.8 Å². The number of urea groups is 1. The Hall–Kier alpha value is -3.42. The van der Waals surface area contributed by atoms with E-state index in [1.165, 1.54) is 18.2 Å². The fourth-order valence-corrected chi connectivity index (χ4v) is 3.64. The van der Waals surface area contributed by atoms with Gasteiger partial charge in [0.25, 0.3) is 0 Å². The largest absolute Gasteiger partial charge is 0.507 e. The molecular formula is C24H22Cl2N2O5. The van der Waals surface area contributed by atoms with Gasteiger partial charge in [-0.15, -0.1) is 0 Å². The lowest BCUT2D eigenvalue weighted by molar-refractivity contribution is -0.135. The third kappa shape index (κ3) is 6.09. The lowest BCUT2D eigenvalue weighted by Gasteiger charge is -2.24. The molecule has 33 heavy (non-hydrogen) atoms. The van der Waals surface area contributed by atoms with Crippen molar-refractivity contribution in [2.24, 2.45) is 0 Å². The van der Waals surface area contributed by atoms with Crippen LogP contribution in [0.25, 0.3) is 11.1 Å². The molecule has 0 radical (unpaired) electrons. The fraction of sp³-hybridized carbons (Fsp3) is 0.167. The van der Waals surface area contributed by atoms with E-state index < -0.39 is 18.5 Å². The van der Waals surface area contributed by atoms with Gasteiger partial charge in [-0.2, -0.15) is 0 Å². The van der Waals surface area contributed by atoms with E-state index in [9.17, 15) is 19.8 Å². The second-order valence-corrected chi connectivity index (χ2v) is 8.28. The molecule has 0 aliphatic heterocycles. The molecule has 0 heterocycles. The molecule has 3 aromatic rings. The molecule has 0 aromatic heterocycles. The van der Waals surface area contributed by atoms with Crippen molar-refractivity contribution in [3.05, 3.63) is 70.7 Å². The highest BCUT2D eigenvalue weighted by Crippen LogP contribution is 2.41. The predicted octanol–water partition coefficient (Wildman–Crippen LogP) is 6.17. The van der Waals surface area contributed by atoms with Crippen LogP contribution >= 0.6 is 23.2 Å². The van der Waals surface area contributed by atoms with Crippen molar-refractivity contribution in [3.8, 4) is 28.4 Å². The molecule has 3 aromatic carbocycles. The number of phenols is 1. The van der Waals surface area contributed by atoms with Gasteiger partial charge in [-0.25, -0.2) is 4.79 Å². The molecule has 0 atom stereocenters. The van der Waals surface area contributed by atoms with Gasteiger partial charge in [0.2, 0.25) is 0 Å². The van der Waals surface area contributed by atoms with Gasteiger partial charge in [0.15, 0.2) is 5.75 Å². The number of amides is 2. The molecule has 0 spiro atoms. The van der Waals surface area contributed by atoms with E-state index in [2.05, 4.69) is 5.32 Å². The summed E-state index contributed by atoms with van der Waals surface area (Å²) in [6.07, 6.45) is 0. The number of carbonyl (C=O) groups excluding carboxylic acids is 1. The lowest BCUT2D eigenvalue weighted by Crippen LogP contribution is -2.45. The number of carbonyl (C=O) groups is 2. The standard InChI is InChI=1S/C24H22Cl2N2O5/c1-14(2)27-24(32)28(13-22(30)31)16-10-19(25)23(20(26)11-16)33-17-8-9-21(29)18(12-17)15-6-4-3-5-7-15/h3-12,14,29H,13H2,1-2H3,(H,27,32)(H,30,31). The minimum Gasteiger partial charge on any atom is -0.507 e. The van der Waals surface area contributed by atoms with Gasteiger partial charge in [0, 0.05) is 17.3 Å². The maximum absolute atomic E-state index is 12.5. The van der Waals surface area contributed by atoms with Crippen LogP contribution < -0.4 is 15.0 Å². The topological polar surface area (TPSA) is 99.1 Å². The van der Waals surface area contributed by atoms with Gasteiger partial charge >= 0.3 is 12.0 Å². The van der Waals surface area contributed by atoms with Crippen LogP contribution in [-0.2, 0) is 4.79 Å². The molecule has 3 N–H and O–H groups in total. The number of carboxylic acids is 1. The van der Waals surface area contributed by atoms with Crippen molar-refractivity contribution >= 4 is 40.9 Å². The number of anilines is 1. The summed E-state index contributed by atoms with van der Waals surface area (Å²) in [6.45, 7) is 2.94. The van der Waals surface area contributed by atoms with E-state index in [0.717, 1.165) is 10.5 Å². The third-order valence-electron chi connectivity index (χ3n) is 4.52. The SMILES string of the molecule is CC(C)NC(=O)N(CC(=O)O)c1cc(Cl)c(Oc2ccc(O)c(-c3ccccc3)c2)c(Cl)c1. The van der Waals surface area contributed by atoms with Crippen LogP contribution in [0, 0.1) is 0 Å². The minimum absolute atomic E-state index is 0.0829. The Morgan fingerprint density at radius 3 is 2.24 bits per heavy atom. The first kappa shape index (κ1) is 24.2. The highest BCUT2D eigenvalue weighted by molar-refractivity contribution is 6.37. The molecule has 3 rings (SSSR count). The summed E-state index contributed by atoms with van der Waals surface area (Å²) in [5.74, 6) is -0.602. The molecule has 0 bridgehead atoms. The van der Waals surface area contributed by atoms with E-state index in [1.807, 2.05) is 30.3 Å². The Balaban J connectivity index is 1.93. The summed E-state index contributed by atoms with van der Waals surface area (Å²) in [6, 6.07) is 16.0. The maximum atomic E-state index is 12.5. The number of hydrogen-bond acceptors (Lipinski definition) is 4. The van der Waals surface area contributed by atoms with Crippen LogP contribution in [-0.4, -0.2) is 34.8 Å². The van der Waals surface area contributed by atoms with E-state index in [-0.39, 0.29) is 33.3 Å². The maximum Gasteiger partial charge on any atom is 0.323 e. The monoisotopic (exact) mass is 488 g/mol. The predicted molar refractivity (Wildman–Crippen MR) is 129 cm³/mol. The number of nitrogens with zero attached hydrogens (tertiary/aromatic N) is 1. The van der Waals surface area contributed by atoms with Crippen molar-refractivity contribution in [2.75, 3.05) is 11.4 Å².